The molecule has 0 amide bonds. The van der Waals surface area contributed by atoms with E-state index < -0.39 is 0 Å². The lowest BCUT2D eigenvalue weighted by molar-refractivity contribution is 0.567. The van der Waals surface area contributed by atoms with Crippen molar-refractivity contribution in [2.75, 3.05) is 0 Å². The number of rotatable bonds is 1. The summed E-state index contributed by atoms with van der Waals surface area (Å²) in [7, 11) is 0. The summed E-state index contributed by atoms with van der Waals surface area (Å²) in [5.74, 6) is 0.749. The first-order chi connectivity index (χ1) is 6.57. The minimum absolute atomic E-state index is 0.174. The first-order valence-electron chi connectivity index (χ1n) is 5.63. The zero-order valence-electron chi connectivity index (χ0n) is 9.43. The second-order valence-corrected chi connectivity index (χ2v) is 5.44. The molecular formula is C12H20N2. The molecule has 1 N–H and O–H groups in total. The molecule has 2 heteroatoms. The Morgan fingerprint density at radius 3 is 2.43 bits per heavy atom. The zero-order valence-corrected chi connectivity index (χ0v) is 9.43. The van der Waals surface area contributed by atoms with E-state index in [0.29, 0.717) is 0 Å². The largest absolute Gasteiger partial charge is 0.282 e. The van der Waals surface area contributed by atoms with E-state index in [1.165, 1.54) is 37.1 Å². The van der Waals surface area contributed by atoms with E-state index in [0.717, 1.165) is 5.92 Å². The van der Waals surface area contributed by atoms with Gasteiger partial charge >= 0.3 is 0 Å². The fourth-order valence-electron chi connectivity index (χ4n) is 2.17. The lowest BCUT2D eigenvalue weighted by Gasteiger charge is -2.13. The van der Waals surface area contributed by atoms with Crippen molar-refractivity contribution in [3.8, 4) is 0 Å². The van der Waals surface area contributed by atoms with E-state index in [1.54, 1.807) is 0 Å². The van der Waals surface area contributed by atoms with Gasteiger partial charge in [-0.1, -0.05) is 33.6 Å². The van der Waals surface area contributed by atoms with Crippen molar-refractivity contribution in [3.63, 3.8) is 0 Å². The molecule has 78 valence electrons. The van der Waals surface area contributed by atoms with Gasteiger partial charge in [-0.05, 0) is 18.9 Å². The SMILES string of the molecule is CC(C)(C)c1cc(C2CCCC2)[nH]n1. The van der Waals surface area contributed by atoms with Crippen molar-refractivity contribution in [2.24, 2.45) is 0 Å². The Balaban J connectivity index is 2.17. The van der Waals surface area contributed by atoms with Crippen molar-refractivity contribution in [2.45, 2.75) is 57.8 Å². The van der Waals surface area contributed by atoms with Crippen LogP contribution in [0, 0.1) is 0 Å². The van der Waals surface area contributed by atoms with Gasteiger partial charge in [-0.15, -0.1) is 0 Å². The van der Waals surface area contributed by atoms with Crippen LogP contribution in [0.3, 0.4) is 0 Å². The van der Waals surface area contributed by atoms with Crippen molar-refractivity contribution in [3.05, 3.63) is 17.5 Å². The Morgan fingerprint density at radius 1 is 1.29 bits per heavy atom. The van der Waals surface area contributed by atoms with Crippen LogP contribution in [0.15, 0.2) is 6.07 Å². The number of aromatic amines is 1. The minimum Gasteiger partial charge on any atom is -0.282 e. The zero-order chi connectivity index (χ0) is 10.2. The molecule has 1 aliphatic rings. The number of hydrogen-bond donors (Lipinski definition) is 1. The first kappa shape index (κ1) is 9.75. The molecular weight excluding hydrogens is 172 g/mol. The van der Waals surface area contributed by atoms with Crippen LogP contribution < -0.4 is 0 Å². The van der Waals surface area contributed by atoms with Gasteiger partial charge in [0.2, 0.25) is 0 Å². The molecule has 0 aliphatic heterocycles. The second-order valence-electron chi connectivity index (χ2n) is 5.44. The highest BCUT2D eigenvalue weighted by atomic mass is 15.1. The molecule has 0 saturated heterocycles. The van der Waals surface area contributed by atoms with Crippen LogP contribution in [0.4, 0.5) is 0 Å². The highest BCUT2D eigenvalue weighted by Crippen LogP contribution is 2.34. The van der Waals surface area contributed by atoms with Crippen LogP contribution in [0.25, 0.3) is 0 Å². The molecule has 1 aliphatic carbocycles. The summed E-state index contributed by atoms with van der Waals surface area (Å²) in [5, 5.41) is 7.61. The fraction of sp³-hybridized carbons (Fsp3) is 0.750. The van der Waals surface area contributed by atoms with E-state index in [-0.39, 0.29) is 5.41 Å². The van der Waals surface area contributed by atoms with E-state index in [2.05, 4.69) is 37.0 Å². The van der Waals surface area contributed by atoms with E-state index in [1.807, 2.05) is 0 Å². The predicted octanol–water partition coefficient (Wildman–Crippen LogP) is 3.36. The van der Waals surface area contributed by atoms with Gasteiger partial charge in [0.05, 0.1) is 5.69 Å². The topological polar surface area (TPSA) is 28.7 Å². The van der Waals surface area contributed by atoms with Crippen molar-refractivity contribution >= 4 is 0 Å². The summed E-state index contributed by atoms with van der Waals surface area (Å²) in [6.07, 6.45) is 5.45. The second kappa shape index (κ2) is 3.41. The Kier molecular flexibility index (Phi) is 2.38. The smallest absolute Gasteiger partial charge is 0.0678 e. The molecule has 1 aromatic rings. The summed E-state index contributed by atoms with van der Waals surface area (Å²) in [6.45, 7) is 6.63. The Morgan fingerprint density at radius 2 is 1.93 bits per heavy atom. The summed E-state index contributed by atoms with van der Waals surface area (Å²) in [6, 6.07) is 2.26. The standard InChI is InChI=1S/C12H20N2/c1-12(2,3)11-8-10(13-14-11)9-6-4-5-7-9/h8-9H,4-7H2,1-3H3,(H,13,14). The number of nitrogens with one attached hydrogen (secondary N) is 1. The molecule has 14 heavy (non-hydrogen) atoms. The predicted molar refractivity (Wildman–Crippen MR) is 58.5 cm³/mol. The van der Waals surface area contributed by atoms with Crippen LogP contribution in [0.5, 0.6) is 0 Å². The van der Waals surface area contributed by atoms with Gasteiger partial charge in [0.15, 0.2) is 0 Å². The number of aromatic nitrogens is 2. The monoisotopic (exact) mass is 192 g/mol. The van der Waals surface area contributed by atoms with Crippen LogP contribution in [-0.4, -0.2) is 10.2 Å². The van der Waals surface area contributed by atoms with Crippen molar-refractivity contribution in [1.82, 2.24) is 10.2 Å². The van der Waals surface area contributed by atoms with Crippen molar-refractivity contribution in [1.29, 1.82) is 0 Å². The molecule has 0 unspecified atom stereocenters. The molecule has 2 rings (SSSR count). The van der Waals surface area contributed by atoms with Crippen molar-refractivity contribution < 1.29 is 0 Å². The molecule has 1 aromatic heterocycles. The number of H-pyrrole nitrogens is 1. The normalized spacial score (nSPS) is 19.1. The fourth-order valence-corrected chi connectivity index (χ4v) is 2.17. The van der Waals surface area contributed by atoms with Gasteiger partial charge in [0, 0.05) is 17.0 Å². The molecule has 0 atom stereocenters. The Hall–Kier alpha value is -0.790. The lowest BCUT2D eigenvalue weighted by Crippen LogP contribution is -2.11. The Bertz CT molecular complexity index is 300. The number of hydrogen-bond acceptors (Lipinski definition) is 1. The highest BCUT2D eigenvalue weighted by Gasteiger charge is 2.22. The summed E-state index contributed by atoms with van der Waals surface area (Å²) in [5.41, 5.74) is 2.72. The molecule has 2 nitrogen and oxygen atoms in total. The highest BCUT2D eigenvalue weighted by molar-refractivity contribution is 5.19. The van der Waals surface area contributed by atoms with E-state index in [9.17, 15) is 0 Å². The van der Waals surface area contributed by atoms with E-state index >= 15 is 0 Å². The van der Waals surface area contributed by atoms with Gasteiger partial charge in [0.25, 0.3) is 0 Å². The van der Waals surface area contributed by atoms with Crippen LogP contribution in [0.1, 0.15) is 63.8 Å². The molecule has 1 saturated carbocycles. The van der Waals surface area contributed by atoms with Crippen LogP contribution in [-0.2, 0) is 5.41 Å². The lowest BCUT2D eigenvalue weighted by atomic mass is 9.91. The van der Waals surface area contributed by atoms with Gasteiger partial charge < -0.3 is 0 Å². The molecule has 0 radical (unpaired) electrons. The van der Waals surface area contributed by atoms with Crippen LogP contribution in [0.2, 0.25) is 0 Å². The first-order valence-corrected chi connectivity index (χ1v) is 5.63. The maximum absolute atomic E-state index is 4.41. The van der Waals surface area contributed by atoms with Gasteiger partial charge in [0.1, 0.15) is 0 Å². The molecule has 0 aromatic carbocycles. The third kappa shape index (κ3) is 1.84. The summed E-state index contributed by atoms with van der Waals surface area (Å²) < 4.78 is 0. The Labute approximate surface area is 86.1 Å². The molecule has 1 fully saturated rings. The van der Waals surface area contributed by atoms with Gasteiger partial charge in [-0.2, -0.15) is 5.10 Å². The third-order valence-corrected chi connectivity index (χ3v) is 3.16. The summed E-state index contributed by atoms with van der Waals surface area (Å²) in [4.78, 5) is 0. The molecule has 0 bridgehead atoms. The maximum Gasteiger partial charge on any atom is 0.0678 e. The number of nitrogens with zero attached hydrogens (tertiary/aromatic N) is 1. The minimum atomic E-state index is 0.174. The molecule has 1 heterocycles. The van der Waals surface area contributed by atoms with Gasteiger partial charge in [-0.25, -0.2) is 0 Å². The average Bonchev–Trinajstić information content (AvgIpc) is 2.73. The van der Waals surface area contributed by atoms with E-state index in [4.69, 9.17) is 0 Å². The average molecular weight is 192 g/mol. The van der Waals surface area contributed by atoms with Gasteiger partial charge in [-0.3, -0.25) is 5.10 Å². The quantitative estimate of drug-likeness (QED) is 0.726. The molecule has 0 spiro atoms. The summed E-state index contributed by atoms with van der Waals surface area (Å²) >= 11 is 0. The maximum atomic E-state index is 4.41. The third-order valence-electron chi connectivity index (χ3n) is 3.16. The van der Waals surface area contributed by atoms with Crippen LogP contribution >= 0.6 is 0 Å².